The highest BCUT2D eigenvalue weighted by Gasteiger charge is 2.10. The van der Waals surface area contributed by atoms with Crippen molar-refractivity contribution in [3.8, 4) is 17.3 Å². The second kappa shape index (κ2) is 3.90. The summed E-state index contributed by atoms with van der Waals surface area (Å²) in [4.78, 5) is 0. The van der Waals surface area contributed by atoms with Gasteiger partial charge in [0.1, 0.15) is 5.69 Å². The van der Waals surface area contributed by atoms with E-state index in [-0.39, 0.29) is 0 Å². The van der Waals surface area contributed by atoms with Gasteiger partial charge in [-0.25, -0.2) is 0 Å². The molecule has 0 saturated carbocycles. The fraction of sp³-hybridized carbons (Fsp3) is 0. The third kappa shape index (κ3) is 1.59. The van der Waals surface area contributed by atoms with Gasteiger partial charge in [0, 0.05) is 11.3 Å². The smallest absolute Gasteiger partial charge is 0.167 e. The first-order valence-electron chi connectivity index (χ1n) is 5.43. The Morgan fingerprint density at radius 3 is 2.61 bits per heavy atom. The number of rotatable bonds is 1. The largest absolute Gasteiger partial charge is 0.399 e. The summed E-state index contributed by atoms with van der Waals surface area (Å²) in [5, 5.41) is 13.7. The molecule has 0 aliphatic carbocycles. The van der Waals surface area contributed by atoms with E-state index in [4.69, 9.17) is 15.5 Å². The Kier molecular flexibility index (Phi) is 2.24. The zero-order valence-corrected chi connectivity index (χ0v) is 9.42. The molecule has 0 aliphatic heterocycles. The predicted octanol–water partition coefficient (Wildman–Crippen LogP) is 2.95. The van der Waals surface area contributed by atoms with Gasteiger partial charge in [-0.15, -0.1) is 0 Å². The molecule has 0 unspecified atom stereocenters. The van der Waals surface area contributed by atoms with E-state index >= 15 is 0 Å². The quantitative estimate of drug-likeness (QED) is 0.658. The lowest BCUT2D eigenvalue weighted by molar-refractivity contribution is 0.459. The molecular formula is C14H9N3O. The number of hydrogen-bond donors (Lipinski definition) is 1. The molecule has 2 N–H and O–H groups in total. The van der Waals surface area contributed by atoms with Gasteiger partial charge in [-0.05, 0) is 30.3 Å². The van der Waals surface area contributed by atoms with Crippen molar-refractivity contribution in [3.05, 3.63) is 48.0 Å². The summed E-state index contributed by atoms with van der Waals surface area (Å²) in [5.74, 6) is 0. The van der Waals surface area contributed by atoms with E-state index in [1.807, 2.05) is 18.2 Å². The molecule has 0 atom stereocenters. The molecule has 0 amide bonds. The summed E-state index contributed by atoms with van der Waals surface area (Å²) in [7, 11) is 0. The van der Waals surface area contributed by atoms with Crippen LogP contribution in [0.25, 0.3) is 22.2 Å². The number of nitrogens with two attached hydrogens (primary N) is 1. The number of anilines is 1. The normalized spacial score (nSPS) is 10.4. The molecule has 4 nitrogen and oxygen atoms in total. The van der Waals surface area contributed by atoms with Crippen LogP contribution in [0.5, 0.6) is 0 Å². The lowest BCUT2D eigenvalue weighted by atomic mass is 10.1. The summed E-state index contributed by atoms with van der Waals surface area (Å²) in [6.45, 7) is 0. The maximum Gasteiger partial charge on any atom is 0.167 e. The average molecular weight is 235 g/mol. The van der Waals surface area contributed by atoms with Crippen molar-refractivity contribution in [2.75, 3.05) is 5.73 Å². The number of fused-ring (bicyclic) bond motifs is 1. The molecule has 0 aliphatic rings. The van der Waals surface area contributed by atoms with Crippen molar-refractivity contribution in [1.29, 1.82) is 5.26 Å². The minimum absolute atomic E-state index is 0.617. The summed E-state index contributed by atoms with van der Waals surface area (Å²) < 4.78 is 5.24. The van der Waals surface area contributed by atoms with Crippen molar-refractivity contribution < 1.29 is 4.52 Å². The van der Waals surface area contributed by atoms with Crippen LogP contribution >= 0.6 is 0 Å². The van der Waals surface area contributed by atoms with Crippen LogP contribution in [0.2, 0.25) is 0 Å². The number of nitriles is 1. The fourth-order valence-corrected chi connectivity index (χ4v) is 1.87. The zero-order chi connectivity index (χ0) is 12.5. The van der Waals surface area contributed by atoms with Gasteiger partial charge < -0.3 is 10.3 Å². The van der Waals surface area contributed by atoms with Crippen LogP contribution in [0.15, 0.2) is 47.0 Å². The van der Waals surface area contributed by atoms with Gasteiger partial charge in [0.2, 0.25) is 0 Å². The number of benzene rings is 2. The Bertz CT molecular complexity index is 751. The van der Waals surface area contributed by atoms with E-state index in [0.29, 0.717) is 16.8 Å². The molecule has 0 saturated heterocycles. The van der Waals surface area contributed by atoms with Gasteiger partial charge in [-0.3, -0.25) is 0 Å². The summed E-state index contributed by atoms with van der Waals surface area (Å²) in [6, 6.07) is 14.7. The van der Waals surface area contributed by atoms with Crippen LogP contribution in [-0.4, -0.2) is 5.16 Å². The molecule has 3 aromatic rings. The van der Waals surface area contributed by atoms with Crippen molar-refractivity contribution in [1.82, 2.24) is 5.16 Å². The second-order valence-electron chi connectivity index (χ2n) is 3.98. The maximum atomic E-state index is 8.77. The molecule has 4 heteroatoms. The van der Waals surface area contributed by atoms with Crippen LogP contribution in [0.3, 0.4) is 0 Å². The second-order valence-corrected chi connectivity index (χ2v) is 3.98. The highest BCUT2D eigenvalue weighted by atomic mass is 16.5. The minimum atomic E-state index is 0.617. The van der Waals surface area contributed by atoms with Crippen LogP contribution in [0.4, 0.5) is 5.69 Å². The van der Waals surface area contributed by atoms with E-state index < -0.39 is 0 Å². The maximum absolute atomic E-state index is 8.77. The number of nitrogens with zero attached hydrogens (tertiary/aromatic N) is 2. The first kappa shape index (κ1) is 10.4. The molecule has 2 aromatic carbocycles. The van der Waals surface area contributed by atoms with Crippen LogP contribution in [-0.2, 0) is 0 Å². The first-order valence-corrected chi connectivity index (χ1v) is 5.43. The van der Waals surface area contributed by atoms with E-state index in [1.54, 1.807) is 24.3 Å². The molecule has 0 bridgehead atoms. The summed E-state index contributed by atoms with van der Waals surface area (Å²) in [6.07, 6.45) is 0. The topological polar surface area (TPSA) is 75.8 Å². The lowest BCUT2D eigenvalue weighted by Gasteiger charge is -1.97. The SMILES string of the molecule is N#Cc1ccc(-c2noc3ccc(N)cc23)cc1. The summed E-state index contributed by atoms with van der Waals surface area (Å²) >= 11 is 0. The monoisotopic (exact) mass is 235 g/mol. The Hall–Kier alpha value is -2.80. The van der Waals surface area contributed by atoms with Crippen LogP contribution in [0, 0.1) is 11.3 Å². The summed E-state index contributed by atoms with van der Waals surface area (Å²) in [5.41, 5.74) is 9.38. The fourth-order valence-electron chi connectivity index (χ4n) is 1.87. The van der Waals surface area contributed by atoms with Crippen LogP contribution in [0.1, 0.15) is 5.56 Å². The minimum Gasteiger partial charge on any atom is -0.399 e. The Labute approximate surface area is 103 Å². The lowest BCUT2D eigenvalue weighted by Crippen LogP contribution is -1.84. The molecule has 0 fully saturated rings. The Morgan fingerprint density at radius 2 is 1.89 bits per heavy atom. The molecule has 1 aromatic heterocycles. The highest BCUT2D eigenvalue weighted by molar-refractivity contribution is 5.93. The van der Waals surface area contributed by atoms with Crippen LogP contribution < -0.4 is 5.73 Å². The molecule has 0 spiro atoms. The molecule has 86 valence electrons. The molecule has 18 heavy (non-hydrogen) atoms. The molecule has 0 radical (unpaired) electrons. The van der Waals surface area contributed by atoms with E-state index in [1.165, 1.54) is 0 Å². The molecule has 1 heterocycles. The third-order valence-electron chi connectivity index (χ3n) is 2.78. The molecular weight excluding hydrogens is 226 g/mol. The van der Waals surface area contributed by atoms with Gasteiger partial charge >= 0.3 is 0 Å². The zero-order valence-electron chi connectivity index (χ0n) is 9.42. The van der Waals surface area contributed by atoms with Gasteiger partial charge in [-0.2, -0.15) is 5.26 Å². The van der Waals surface area contributed by atoms with Gasteiger partial charge in [-0.1, -0.05) is 17.3 Å². The van der Waals surface area contributed by atoms with Gasteiger partial charge in [0.15, 0.2) is 5.58 Å². The van der Waals surface area contributed by atoms with E-state index in [2.05, 4.69) is 11.2 Å². The van der Waals surface area contributed by atoms with Crippen molar-refractivity contribution in [2.45, 2.75) is 0 Å². The molecule has 3 rings (SSSR count). The average Bonchev–Trinajstić information content (AvgIpc) is 2.82. The van der Waals surface area contributed by atoms with E-state index in [0.717, 1.165) is 16.6 Å². The van der Waals surface area contributed by atoms with Crippen molar-refractivity contribution >= 4 is 16.7 Å². The first-order chi connectivity index (χ1) is 8.78. The number of nitrogen functional groups attached to an aromatic ring is 1. The van der Waals surface area contributed by atoms with Gasteiger partial charge in [0.05, 0.1) is 17.0 Å². The number of aromatic nitrogens is 1. The Morgan fingerprint density at radius 1 is 1.11 bits per heavy atom. The van der Waals surface area contributed by atoms with Crippen molar-refractivity contribution in [2.24, 2.45) is 0 Å². The predicted molar refractivity (Wildman–Crippen MR) is 68.6 cm³/mol. The highest BCUT2D eigenvalue weighted by Crippen LogP contribution is 2.29. The standard InChI is InChI=1S/C14H9N3O/c15-8-9-1-3-10(4-2-9)14-12-7-11(16)5-6-13(12)18-17-14/h1-7H,16H2. The van der Waals surface area contributed by atoms with Gasteiger partial charge in [0.25, 0.3) is 0 Å². The van der Waals surface area contributed by atoms with E-state index in [9.17, 15) is 0 Å². The third-order valence-corrected chi connectivity index (χ3v) is 2.78. The van der Waals surface area contributed by atoms with Crippen molar-refractivity contribution in [3.63, 3.8) is 0 Å². The Balaban J connectivity index is 2.19. The number of hydrogen-bond acceptors (Lipinski definition) is 4.